The van der Waals surface area contributed by atoms with Crippen molar-refractivity contribution in [2.75, 3.05) is 0 Å². The Hall–Kier alpha value is -0.260. The van der Waals surface area contributed by atoms with Gasteiger partial charge in [0.25, 0.3) is 0 Å². The van der Waals surface area contributed by atoms with E-state index in [0.717, 1.165) is 17.8 Å². The van der Waals surface area contributed by atoms with E-state index in [1.54, 1.807) is 0 Å². The van der Waals surface area contributed by atoms with Crippen LogP contribution in [0.4, 0.5) is 0 Å². The van der Waals surface area contributed by atoms with Gasteiger partial charge in [-0.3, -0.25) is 0 Å². The minimum atomic E-state index is 0.751. The Morgan fingerprint density at radius 3 is 2.67 bits per heavy atom. The lowest BCUT2D eigenvalue weighted by Crippen LogP contribution is -2.30. The zero-order valence-electron chi connectivity index (χ0n) is 8.55. The molecule has 0 heteroatoms. The van der Waals surface area contributed by atoms with Crippen LogP contribution >= 0.6 is 0 Å². The van der Waals surface area contributed by atoms with Crippen LogP contribution < -0.4 is 0 Å². The van der Waals surface area contributed by atoms with Crippen LogP contribution in [0, 0.1) is 17.8 Å². The number of rotatable bonds is 5. The molecule has 0 saturated heterocycles. The summed E-state index contributed by atoms with van der Waals surface area (Å²) < 4.78 is 0. The first-order valence-electron chi connectivity index (χ1n) is 5.42. The maximum absolute atomic E-state index is 3.88. The van der Waals surface area contributed by atoms with Crippen LogP contribution in [0.1, 0.15) is 46.0 Å². The van der Waals surface area contributed by atoms with Crippen molar-refractivity contribution in [3.8, 4) is 0 Å². The highest BCUT2D eigenvalue weighted by atomic mass is 14.4. The average Bonchev–Trinajstić information content (AvgIpc) is 2.03. The highest BCUT2D eigenvalue weighted by Crippen LogP contribution is 2.42. The Balaban J connectivity index is 2.23. The lowest BCUT2D eigenvalue weighted by Gasteiger charge is -2.40. The molecule has 1 saturated carbocycles. The van der Waals surface area contributed by atoms with Crippen LogP contribution in [0.5, 0.6) is 0 Å². The van der Waals surface area contributed by atoms with E-state index >= 15 is 0 Å². The fourth-order valence-corrected chi connectivity index (χ4v) is 2.29. The molecule has 0 bridgehead atoms. The lowest BCUT2D eigenvalue weighted by atomic mass is 9.66. The molecule has 1 aliphatic carbocycles. The van der Waals surface area contributed by atoms with Gasteiger partial charge in [0.2, 0.25) is 0 Å². The summed E-state index contributed by atoms with van der Waals surface area (Å²) in [6.45, 7) is 8.48. The van der Waals surface area contributed by atoms with Crippen molar-refractivity contribution >= 4 is 0 Å². The second kappa shape index (κ2) is 4.69. The third-order valence-corrected chi connectivity index (χ3v) is 3.45. The molecule has 0 aromatic heterocycles. The zero-order chi connectivity index (χ0) is 8.97. The molecule has 1 rings (SSSR count). The van der Waals surface area contributed by atoms with Crippen LogP contribution in [0.3, 0.4) is 0 Å². The first-order chi connectivity index (χ1) is 5.79. The van der Waals surface area contributed by atoms with E-state index in [-0.39, 0.29) is 0 Å². The normalized spacial score (nSPS) is 30.8. The minimum Gasteiger partial charge on any atom is -0.103 e. The molecule has 70 valence electrons. The number of hydrogen-bond acceptors (Lipinski definition) is 0. The van der Waals surface area contributed by atoms with Gasteiger partial charge in [0, 0.05) is 0 Å². The average molecular weight is 166 g/mol. The van der Waals surface area contributed by atoms with Crippen molar-refractivity contribution in [2.24, 2.45) is 17.8 Å². The van der Waals surface area contributed by atoms with E-state index in [1.807, 2.05) is 0 Å². The Kier molecular flexibility index (Phi) is 3.84. The van der Waals surface area contributed by atoms with Gasteiger partial charge >= 0.3 is 0 Å². The SMILES string of the molecule is C=CC(C)C1CCC1CCCC. The number of unbranched alkanes of at least 4 members (excludes halogenated alkanes) is 1. The summed E-state index contributed by atoms with van der Waals surface area (Å²) in [4.78, 5) is 0. The molecular formula is C12H22. The molecule has 0 spiro atoms. The highest BCUT2D eigenvalue weighted by Gasteiger charge is 2.32. The van der Waals surface area contributed by atoms with Crippen LogP contribution in [-0.4, -0.2) is 0 Å². The van der Waals surface area contributed by atoms with Crippen molar-refractivity contribution in [2.45, 2.75) is 46.0 Å². The predicted molar refractivity (Wildman–Crippen MR) is 55.1 cm³/mol. The molecule has 1 fully saturated rings. The summed E-state index contributed by atoms with van der Waals surface area (Å²) >= 11 is 0. The predicted octanol–water partition coefficient (Wildman–Crippen LogP) is 4.02. The van der Waals surface area contributed by atoms with Crippen LogP contribution in [0.15, 0.2) is 12.7 Å². The van der Waals surface area contributed by atoms with E-state index in [4.69, 9.17) is 0 Å². The Morgan fingerprint density at radius 2 is 2.25 bits per heavy atom. The summed E-state index contributed by atoms with van der Waals surface area (Å²) in [5.74, 6) is 2.74. The fraction of sp³-hybridized carbons (Fsp3) is 0.833. The molecule has 0 nitrogen and oxygen atoms in total. The number of hydrogen-bond donors (Lipinski definition) is 0. The monoisotopic (exact) mass is 166 g/mol. The third kappa shape index (κ3) is 2.12. The van der Waals surface area contributed by atoms with E-state index in [1.165, 1.54) is 32.1 Å². The lowest BCUT2D eigenvalue weighted by molar-refractivity contribution is 0.123. The van der Waals surface area contributed by atoms with Crippen LogP contribution in [-0.2, 0) is 0 Å². The molecule has 0 aromatic rings. The zero-order valence-corrected chi connectivity index (χ0v) is 8.55. The summed E-state index contributed by atoms with van der Waals surface area (Å²) in [6, 6.07) is 0. The molecular weight excluding hydrogens is 144 g/mol. The van der Waals surface area contributed by atoms with Gasteiger partial charge in [0.15, 0.2) is 0 Å². The Bertz CT molecular complexity index is 137. The molecule has 0 amide bonds. The summed E-state index contributed by atoms with van der Waals surface area (Å²) in [5.41, 5.74) is 0. The van der Waals surface area contributed by atoms with E-state index in [0.29, 0.717) is 0 Å². The first kappa shape index (κ1) is 9.83. The van der Waals surface area contributed by atoms with E-state index in [9.17, 15) is 0 Å². The van der Waals surface area contributed by atoms with Gasteiger partial charge in [-0.15, -0.1) is 6.58 Å². The van der Waals surface area contributed by atoms with Gasteiger partial charge in [0.1, 0.15) is 0 Å². The molecule has 3 unspecified atom stereocenters. The maximum atomic E-state index is 3.88. The smallest absolute Gasteiger partial charge is 0.0234 e. The van der Waals surface area contributed by atoms with Crippen molar-refractivity contribution in [3.63, 3.8) is 0 Å². The topological polar surface area (TPSA) is 0 Å². The summed E-state index contributed by atoms with van der Waals surface area (Å²) in [6.07, 6.45) is 9.28. The summed E-state index contributed by atoms with van der Waals surface area (Å²) in [7, 11) is 0. The molecule has 3 atom stereocenters. The Morgan fingerprint density at radius 1 is 1.50 bits per heavy atom. The van der Waals surface area contributed by atoms with Crippen LogP contribution in [0.2, 0.25) is 0 Å². The summed E-state index contributed by atoms with van der Waals surface area (Å²) in [5, 5.41) is 0. The van der Waals surface area contributed by atoms with Gasteiger partial charge in [-0.25, -0.2) is 0 Å². The minimum absolute atomic E-state index is 0.751. The second-order valence-corrected chi connectivity index (χ2v) is 4.24. The molecule has 12 heavy (non-hydrogen) atoms. The first-order valence-corrected chi connectivity index (χ1v) is 5.42. The van der Waals surface area contributed by atoms with Crippen molar-refractivity contribution in [3.05, 3.63) is 12.7 Å². The standard InChI is InChI=1S/C12H22/c1-4-6-7-11-8-9-12(11)10(3)5-2/h5,10-12H,2,4,6-9H2,1,3H3. The van der Waals surface area contributed by atoms with Crippen LogP contribution in [0.25, 0.3) is 0 Å². The van der Waals surface area contributed by atoms with Crippen molar-refractivity contribution in [1.29, 1.82) is 0 Å². The fourth-order valence-electron chi connectivity index (χ4n) is 2.29. The molecule has 0 heterocycles. The number of allylic oxidation sites excluding steroid dienone is 1. The van der Waals surface area contributed by atoms with E-state index < -0.39 is 0 Å². The quantitative estimate of drug-likeness (QED) is 0.541. The Labute approximate surface area is 77.1 Å². The van der Waals surface area contributed by atoms with Crippen molar-refractivity contribution in [1.82, 2.24) is 0 Å². The van der Waals surface area contributed by atoms with Gasteiger partial charge in [-0.05, 0) is 30.6 Å². The van der Waals surface area contributed by atoms with Gasteiger partial charge in [-0.1, -0.05) is 39.2 Å². The largest absolute Gasteiger partial charge is 0.103 e. The van der Waals surface area contributed by atoms with Gasteiger partial charge in [0.05, 0.1) is 0 Å². The maximum Gasteiger partial charge on any atom is -0.0234 e. The molecule has 0 N–H and O–H groups in total. The van der Waals surface area contributed by atoms with Gasteiger partial charge < -0.3 is 0 Å². The highest BCUT2D eigenvalue weighted by molar-refractivity contribution is 4.90. The molecule has 0 radical (unpaired) electrons. The second-order valence-electron chi connectivity index (χ2n) is 4.24. The van der Waals surface area contributed by atoms with Crippen molar-refractivity contribution < 1.29 is 0 Å². The molecule has 0 aromatic carbocycles. The third-order valence-electron chi connectivity index (χ3n) is 3.45. The molecule has 0 aliphatic heterocycles. The molecule has 1 aliphatic rings. The van der Waals surface area contributed by atoms with E-state index in [2.05, 4.69) is 26.5 Å². The van der Waals surface area contributed by atoms with Gasteiger partial charge in [-0.2, -0.15) is 0 Å².